The van der Waals surface area contributed by atoms with Crippen LogP contribution in [-0.4, -0.2) is 16.0 Å². The second-order valence-corrected chi connectivity index (χ2v) is 5.66. The molecule has 0 unspecified atom stereocenters. The maximum atomic E-state index is 12.1. The number of anilines is 1. The molecular formula is C18H16ClN4O. The van der Waals surface area contributed by atoms with Crippen molar-refractivity contribution in [2.75, 3.05) is 5.01 Å². The zero-order chi connectivity index (χ0) is 16.9. The highest BCUT2D eigenvalue weighted by atomic mass is 35.5. The van der Waals surface area contributed by atoms with Gasteiger partial charge in [0.25, 0.3) is 5.56 Å². The van der Waals surface area contributed by atoms with Crippen molar-refractivity contribution >= 4 is 23.5 Å². The molecule has 24 heavy (non-hydrogen) atoms. The van der Waals surface area contributed by atoms with Gasteiger partial charge in [0.05, 0.1) is 12.7 Å². The average molecular weight is 340 g/mol. The van der Waals surface area contributed by atoms with Crippen LogP contribution >= 0.6 is 11.6 Å². The number of hydrogen-bond donors (Lipinski definition) is 0. The second-order valence-electron chi connectivity index (χ2n) is 5.28. The third-order valence-corrected chi connectivity index (χ3v) is 3.90. The summed E-state index contributed by atoms with van der Waals surface area (Å²) in [5.74, 6) is 0.973. The molecule has 1 aromatic heterocycles. The van der Waals surface area contributed by atoms with E-state index in [1.165, 1.54) is 4.68 Å². The first kappa shape index (κ1) is 16.7. The Morgan fingerprint density at radius 1 is 1.25 bits per heavy atom. The fourth-order valence-corrected chi connectivity index (χ4v) is 2.51. The van der Waals surface area contributed by atoms with Gasteiger partial charge in [0.1, 0.15) is 10.7 Å². The van der Waals surface area contributed by atoms with Crippen LogP contribution in [-0.2, 0) is 13.6 Å². The summed E-state index contributed by atoms with van der Waals surface area (Å²) in [6, 6.07) is 9.85. The molecule has 0 spiro atoms. The van der Waals surface area contributed by atoms with Crippen molar-refractivity contribution < 1.29 is 0 Å². The molecule has 0 amide bonds. The minimum atomic E-state index is -0.351. The van der Waals surface area contributed by atoms with Gasteiger partial charge in [0.15, 0.2) is 0 Å². The Kier molecular flexibility index (Phi) is 5.30. The Morgan fingerprint density at radius 2 is 1.96 bits per heavy atom. The number of benzene rings is 1. The molecule has 6 heteroatoms. The number of rotatable bonds is 5. The van der Waals surface area contributed by atoms with Gasteiger partial charge in [-0.3, -0.25) is 9.80 Å². The van der Waals surface area contributed by atoms with Gasteiger partial charge in [-0.15, -0.1) is 0 Å². The molecule has 1 saturated carbocycles. The van der Waals surface area contributed by atoms with E-state index in [2.05, 4.69) is 10.2 Å². The predicted octanol–water partition coefficient (Wildman–Crippen LogP) is 2.83. The van der Waals surface area contributed by atoms with E-state index in [4.69, 9.17) is 11.6 Å². The van der Waals surface area contributed by atoms with Crippen LogP contribution < -0.4 is 10.6 Å². The standard InChI is InChI=1S/C18H16ClN4O/c1-22-18(24)17(19)16(12-20-22)23(13-15-9-3-2-4-10-15)21-11-14-7-5-6-8-14/h2-12H,13H2,1H3/b21-11+. The molecule has 5 nitrogen and oxygen atoms in total. The maximum Gasteiger partial charge on any atom is 0.287 e. The second kappa shape index (κ2) is 7.62. The van der Waals surface area contributed by atoms with E-state index < -0.39 is 0 Å². The van der Waals surface area contributed by atoms with Gasteiger partial charge in [0, 0.05) is 19.2 Å². The molecule has 121 valence electrons. The van der Waals surface area contributed by atoms with Crippen LogP contribution in [0.4, 0.5) is 5.69 Å². The van der Waals surface area contributed by atoms with Crippen molar-refractivity contribution in [3.05, 3.63) is 89.1 Å². The van der Waals surface area contributed by atoms with Crippen LogP contribution in [0.15, 0.2) is 46.4 Å². The molecule has 1 heterocycles. The molecule has 2 aromatic rings. The van der Waals surface area contributed by atoms with Crippen molar-refractivity contribution in [1.82, 2.24) is 9.78 Å². The van der Waals surface area contributed by atoms with Gasteiger partial charge in [0.2, 0.25) is 0 Å². The summed E-state index contributed by atoms with van der Waals surface area (Å²) in [7, 11) is 1.56. The van der Waals surface area contributed by atoms with E-state index in [0.29, 0.717) is 12.2 Å². The van der Waals surface area contributed by atoms with E-state index in [-0.39, 0.29) is 10.6 Å². The Labute approximate surface area is 146 Å². The molecule has 1 aliphatic rings. The number of halogens is 1. The van der Waals surface area contributed by atoms with Crippen LogP contribution in [0.25, 0.3) is 0 Å². The quantitative estimate of drug-likeness (QED) is 0.621. The lowest BCUT2D eigenvalue weighted by Crippen LogP contribution is -2.25. The number of hydrazone groups is 1. The predicted molar refractivity (Wildman–Crippen MR) is 96.0 cm³/mol. The Hall–Kier alpha value is -2.14. The van der Waals surface area contributed by atoms with Crippen LogP contribution in [0.5, 0.6) is 0 Å². The smallest absolute Gasteiger partial charge is 0.266 e. The van der Waals surface area contributed by atoms with Crippen molar-refractivity contribution in [1.29, 1.82) is 0 Å². The third-order valence-electron chi connectivity index (χ3n) is 3.55. The number of aromatic nitrogens is 2. The van der Waals surface area contributed by atoms with Crippen molar-refractivity contribution in [2.45, 2.75) is 6.54 Å². The summed E-state index contributed by atoms with van der Waals surface area (Å²) < 4.78 is 1.20. The lowest BCUT2D eigenvalue weighted by atomic mass is 10.1. The van der Waals surface area contributed by atoms with Gasteiger partial charge in [-0.2, -0.15) is 10.2 Å². The fourth-order valence-electron chi connectivity index (χ4n) is 2.24. The van der Waals surface area contributed by atoms with Crippen LogP contribution in [0.1, 0.15) is 5.56 Å². The maximum absolute atomic E-state index is 12.1. The summed E-state index contributed by atoms with van der Waals surface area (Å²) in [5, 5.41) is 10.3. The third kappa shape index (κ3) is 3.85. The summed E-state index contributed by atoms with van der Waals surface area (Å²) in [5.41, 5.74) is 1.18. The van der Waals surface area contributed by atoms with Gasteiger partial charge in [-0.25, -0.2) is 4.68 Å². The molecule has 1 aromatic carbocycles. The van der Waals surface area contributed by atoms with Crippen molar-refractivity contribution in [2.24, 2.45) is 12.1 Å². The SMILES string of the molecule is Cn1ncc(N(Cc2ccccc2)/N=C/[C]2[CH][CH][CH][CH]2)c(Cl)c1=O. The molecule has 0 saturated heterocycles. The van der Waals surface area contributed by atoms with E-state index in [1.807, 2.05) is 56.0 Å². The lowest BCUT2D eigenvalue weighted by molar-refractivity contribution is 0.700. The van der Waals surface area contributed by atoms with Crippen LogP contribution in [0.2, 0.25) is 5.02 Å². The zero-order valence-electron chi connectivity index (χ0n) is 13.1. The Morgan fingerprint density at radius 3 is 2.67 bits per heavy atom. The number of aryl methyl sites for hydroxylation is 1. The average Bonchev–Trinajstić information content (AvgIpc) is 3.11. The molecule has 0 atom stereocenters. The fraction of sp³-hybridized carbons (Fsp3) is 0.111. The molecule has 0 aliphatic heterocycles. The molecule has 1 fully saturated rings. The minimum Gasteiger partial charge on any atom is -0.266 e. The molecule has 0 N–H and O–H groups in total. The highest BCUT2D eigenvalue weighted by molar-refractivity contribution is 6.33. The highest BCUT2D eigenvalue weighted by Gasteiger charge is 2.18. The summed E-state index contributed by atoms with van der Waals surface area (Å²) in [4.78, 5) is 12.1. The van der Waals surface area contributed by atoms with Gasteiger partial charge in [-0.1, -0.05) is 41.9 Å². The van der Waals surface area contributed by atoms with Crippen molar-refractivity contribution in [3.63, 3.8) is 0 Å². The van der Waals surface area contributed by atoms with Crippen LogP contribution in [0, 0.1) is 31.6 Å². The monoisotopic (exact) mass is 339 g/mol. The minimum absolute atomic E-state index is 0.100. The molecule has 1 aliphatic carbocycles. The number of nitrogens with zero attached hydrogens (tertiary/aromatic N) is 4. The molecule has 3 rings (SSSR count). The van der Waals surface area contributed by atoms with Crippen molar-refractivity contribution in [3.8, 4) is 0 Å². The summed E-state index contributed by atoms with van der Waals surface area (Å²) in [6.07, 6.45) is 11.1. The first-order chi connectivity index (χ1) is 11.6. The topological polar surface area (TPSA) is 50.5 Å². The molecular weight excluding hydrogens is 324 g/mol. The first-order valence-electron chi connectivity index (χ1n) is 7.44. The summed E-state index contributed by atoms with van der Waals surface area (Å²) in [6.45, 7) is 0.479. The van der Waals surface area contributed by atoms with E-state index in [0.717, 1.165) is 11.5 Å². The normalized spacial score (nSPS) is 15.2. The molecule has 5 radical (unpaired) electrons. The largest absolute Gasteiger partial charge is 0.287 e. The lowest BCUT2D eigenvalue weighted by Gasteiger charge is -2.20. The number of hydrogen-bond acceptors (Lipinski definition) is 4. The first-order valence-corrected chi connectivity index (χ1v) is 7.82. The van der Waals surface area contributed by atoms with Gasteiger partial charge >= 0.3 is 0 Å². The van der Waals surface area contributed by atoms with E-state index >= 15 is 0 Å². The Bertz CT molecular complexity index is 766. The molecule has 0 bridgehead atoms. The van der Waals surface area contributed by atoms with Gasteiger partial charge < -0.3 is 0 Å². The van der Waals surface area contributed by atoms with Crippen LogP contribution in [0.3, 0.4) is 0 Å². The van der Waals surface area contributed by atoms with E-state index in [9.17, 15) is 4.79 Å². The summed E-state index contributed by atoms with van der Waals surface area (Å²) >= 11 is 6.23. The van der Waals surface area contributed by atoms with E-state index in [1.54, 1.807) is 24.5 Å². The highest BCUT2D eigenvalue weighted by Crippen LogP contribution is 2.25. The zero-order valence-corrected chi connectivity index (χ0v) is 13.9. The Balaban J connectivity index is 1.92. The van der Waals surface area contributed by atoms with Gasteiger partial charge in [-0.05, 0) is 31.2 Å².